The van der Waals surface area contributed by atoms with E-state index in [4.69, 9.17) is 4.74 Å². The molecule has 0 aliphatic carbocycles. The number of ether oxygens (including phenoxy) is 1. The van der Waals surface area contributed by atoms with Crippen LogP contribution in [0, 0.1) is 0 Å². The minimum absolute atomic E-state index is 0.0479. The smallest absolute Gasteiger partial charge is 0.347 e. The number of piperazine rings is 1. The fourth-order valence-corrected chi connectivity index (χ4v) is 6.24. The average molecular weight is 429 g/mol. The molecule has 1 aromatic rings. The fraction of sp³-hybridized carbons (Fsp3) is 0.889. The average Bonchev–Trinajstić information content (AvgIpc) is 2.84. The number of rotatable bonds is 4. The second-order valence-electron chi connectivity index (χ2n) is 8.40. The van der Waals surface area contributed by atoms with Crippen LogP contribution in [0.2, 0.25) is 0 Å². The second kappa shape index (κ2) is 8.46. The highest BCUT2D eigenvalue weighted by Gasteiger charge is 2.36. The zero-order valence-corrected chi connectivity index (χ0v) is 18.2. The van der Waals surface area contributed by atoms with Crippen LogP contribution in [-0.2, 0) is 34.6 Å². The molecular formula is C18H32N6O4S. The third-order valence-corrected chi connectivity index (χ3v) is 7.95. The Balaban J connectivity index is 1.37. The van der Waals surface area contributed by atoms with Gasteiger partial charge in [-0.3, -0.25) is 9.47 Å². The minimum atomic E-state index is -3.49. The number of hydrogen-bond donors (Lipinski definition) is 0. The van der Waals surface area contributed by atoms with Gasteiger partial charge in [0.05, 0.1) is 18.9 Å². The molecule has 10 nitrogen and oxygen atoms in total. The van der Waals surface area contributed by atoms with E-state index in [1.165, 1.54) is 4.68 Å². The van der Waals surface area contributed by atoms with Crippen LogP contribution in [-0.4, -0.2) is 87.8 Å². The Morgan fingerprint density at radius 1 is 0.966 bits per heavy atom. The van der Waals surface area contributed by atoms with Crippen molar-refractivity contribution in [1.82, 2.24) is 27.9 Å². The third-order valence-electron chi connectivity index (χ3n) is 5.99. The predicted octanol–water partition coefficient (Wildman–Crippen LogP) is -0.300. The Bertz CT molecular complexity index is 863. The molecule has 0 saturated carbocycles. The maximum Gasteiger partial charge on any atom is 0.347 e. The fourth-order valence-electron chi connectivity index (χ4n) is 4.49. The van der Waals surface area contributed by atoms with Crippen LogP contribution < -0.4 is 5.69 Å². The van der Waals surface area contributed by atoms with Gasteiger partial charge in [-0.25, -0.2) is 4.79 Å². The van der Waals surface area contributed by atoms with Gasteiger partial charge in [0.1, 0.15) is 5.82 Å². The third kappa shape index (κ3) is 4.43. The van der Waals surface area contributed by atoms with Crippen molar-refractivity contribution in [2.24, 2.45) is 0 Å². The van der Waals surface area contributed by atoms with Crippen LogP contribution in [0.25, 0.3) is 0 Å². The van der Waals surface area contributed by atoms with Crippen LogP contribution >= 0.6 is 0 Å². The van der Waals surface area contributed by atoms with Gasteiger partial charge in [0, 0.05) is 52.2 Å². The summed E-state index contributed by atoms with van der Waals surface area (Å²) in [4.78, 5) is 14.7. The molecular weight excluding hydrogens is 396 g/mol. The molecule has 2 saturated heterocycles. The van der Waals surface area contributed by atoms with Gasteiger partial charge < -0.3 is 4.74 Å². The summed E-state index contributed by atoms with van der Waals surface area (Å²) in [5, 5.41) is 4.53. The first-order chi connectivity index (χ1) is 13.8. The van der Waals surface area contributed by atoms with Crippen molar-refractivity contribution in [3.8, 4) is 0 Å². The van der Waals surface area contributed by atoms with E-state index >= 15 is 0 Å². The van der Waals surface area contributed by atoms with Gasteiger partial charge in [-0.15, -0.1) is 0 Å². The lowest BCUT2D eigenvalue weighted by molar-refractivity contribution is -0.0458. The van der Waals surface area contributed by atoms with Gasteiger partial charge in [-0.05, 0) is 26.7 Å². The van der Waals surface area contributed by atoms with E-state index in [2.05, 4.69) is 10.00 Å². The Kier molecular flexibility index (Phi) is 6.12. The topological polar surface area (TPSA) is 92.9 Å². The number of aryl methyl sites for hydroxylation is 1. The number of nitrogens with zero attached hydrogens (tertiary/aromatic N) is 6. The molecule has 164 valence electrons. The Morgan fingerprint density at radius 3 is 2.34 bits per heavy atom. The number of hydrogen-bond acceptors (Lipinski definition) is 6. The molecule has 3 aliphatic heterocycles. The molecule has 3 aliphatic rings. The molecule has 2 fully saturated rings. The largest absolute Gasteiger partial charge is 0.373 e. The summed E-state index contributed by atoms with van der Waals surface area (Å²) in [6.45, 7) is 7.77. The summed E-state index contributed by atoms with van der Waals surface area (Å²) in [5.74, 6) is 0.879. The minimum Gasteiger partial charge on any atom is -0.373 e. The molecule has 0 amide bonds. The summed E-state index contributed by atoms with van der Waals surface area (Å²) >= 11 is 0. The summed E-state index contributed by atoms with van der Waals surface area (Å²) in [7, 11) is -3.49. The van der Waals surface area contributed by atoms with Crippen molar-refractivity contribution in [2.45, 2.75) is 65.0 Å². The molecule has 29 heavy (non-hydrogen) atoms. The van der Waals surface area contributed by atoms with Gasteiger partial charge in [0.15, 0.2) is 0 Å². The first-order valence-corrected chi connectivity index (χ1v) is 12.0. The molecule has 4 rings (SSSR count). The van der Waals surface area contributed by atoms with E-state index in [1.807, 2.05) is 13.8 Å². The van der Waals surface area contributed by atoms with E-state index in [0.29, 0.717) is 45.9 Å². The molecule has 2 atom stereocenters. The van der Waals surface area contributed by atoms with Crippen LogP contribution in [0.3, 0.4) is 0 Å². The summed E-state index contributed by atoms with van der Waals surface area (Å²) < 4.78 is 38.1. The van der Waals surface area contributed by atoms with Gasteiger partial charge in [-0.1, -0.05) is 6.42 Å². The van der Waals surface area contributed by atoms with Crippen molar-refractivity contribution in [3.05, 3.63) is 16.3 Å². The molecule has 0 aromatic carbocycles. The number of morpholine rings is 1. The predicted molar refractivity (Wildman–Crippen MR) is 108 cm³/mol. The molecule has 0 N–H and O–H groups in total. The van der Waals surface area contributed by atoms with E-state index < -0.39 is 10.2 Å². The van der Waals surface area contributed by atoms with Crippen LogP contribution in [0.4, 0.5) is 0 Å². The standard InChI is InChI=1S/C18H32N6O4S/c1-15-12-22(13-16(2)28-15)29(26,27)21-10-8-20(9-11-21)14-24-18(25)23-7-5-3-4-6-17(23)19-24/h15-16H,3-14H2,1-2H3/t15-,16-/m1/s1. The molecule has 0 bridgehead atoms. The van der Waals surface area contributed by atoms with Crippen LogP contribution in [0.15, 0.2) is 4.79 Å². The normalized spacial score (nSPS) is 28.2. The van der Waals surface area contributed by atoms with Crippen molar-refractivity contribution >= 4 is 10.2 Å². The lowest BCUT2D eigenvalue weighted by Gasteiger charge is -2.40. The highest BCUT2D eigenvalue weighted by molar-refractivity contribution is 7.86. The quantitative estimate of drug-likeness (QED) is 0.654. The molecule has 1 aromatic heterocycles. The summed E-state index contributed by atoms with van der Waals surface area (Å²) in [6.07, 6.45) is 3.89. The van der Waals surface area contributed by atoms with Crippen LogP contribution in [0.1, 0.15) is 38.9 Å². The molecule has 11 heteroatoms. The summed E-state index contributed by atoms with van der Waals surface area (Å²) in [5.41, 5.74) is -0.0479. The van der Waals surface area contributed by atoms with E-state index in [9.17, 15) is 13.2 Å². The van der Waals surface area contributed by atoms with Crippen molar-refractivity contribution in [1.29, 1.82) is 0 Å². The highest BCUT2D eigenvalue weighted by atomic mass is 32.2. The molecule has 0 spiro atoms. The van der Waals surface area contributed by atoms with Crippen molar-refractivity contribution in [3.63, 3.8) is 0 Å². The van der Waals surface area contributed by atoms with E-state index in [1.54, 1.807) is 13.2 Å². The van der Waals surface area contributed by atoms with Gasteiger partial charge in [0.2, 0.25) is 0 Å². The van der Waals surface area contributed by atoms with Crippen molar-refractivity contribution in [2.75, 3.05) is 39.3 Å². The van der Waals surface area contributed by atoms with Gasteiger partial charge in [-0.2, -0.15) is 26.8 Å². The Hall–Kier alpha value is -1.27. The highest BCUT2D eigenvalue weighted by Crippen LogP contribution is 2.19. The maximum absolute atomic E-state index is 13.0. The molecule has 4 heterocycles. The number of aromatic nitrogens is 3. The first-order valence-electron chi connectivity index (χ1n) is 10.6. The van der Waals surface area contributed by atoms with Gasteiger partial charge >= 0.3 is 5.69 Å². The lowest BCUT2D eigenvalue weighted by Crippen LogP contribution is -2.57. The van der Waals surface area contributed by atoms with E-state index in [0.717, 1.165) is 38.1 Å². The SMILES string of the molecule is C[C@@H]1CN(S(=O)(=O)N2CCN(Cn3nc4n(c3=O)CCCCC4)CC2)C[C@@H](C)O1. The zero-order chi connectivity index (χ0) is 20.6. The van der Waals surface area contributed by atoms with Crippen molar-refractivity contribution < 1.29 is 13.2 Å². The molecule has 0 radical (unpaired) electrons. The first kappa shape index (κ1) is 21.0. The van der Waals surface area contributed by atoms with E-state index in [-0.39, 0.29) is 17.9 Å². The monoisotopic (exact) mass is 428 g/mol. The lowest BCUT2D eigenvalue weighted by atomic mass is 10.2. The Morgan fingerprint density at radius 2 is 1.66 bits per heavy atom. The Labute approximate surface area is 172 Å². The van der Waals surface area contributed by atoms with Gasteiger partial charge in [0.25, 0.3) is 10.2 Å². The zero-order valence-electron chi connectivity index (χ0n) is 17.4. The second-order valence-corrected chi connectivity index (χ2v) is 10.3. The summed E-state index contributed by atoms with van der Waals surface area (Å²) in [6, 6.07) is 0. The number of fused-ring (bicyclic) bond motifs is 1. The molecule has 0 unspecified atom stereocenters. The maximum atomic E-state index is 13.0. The van der Waals surface area contributed by atoms with Crippen LogP contribution in [0.5, 0.6) is 0 Å².